The van der Waals surface area contributed by atoms with Crippen LogP contribution in [0.15, 0.2) is 65.8 Å². The molecule has 0 amide bonds. The molecule has 0 aliphatic rings. The zero-order chi connectivity index (χ0) is 25.8. The first-order valence-corrected chi connectivity index (χ1v) is 12.2. The summed E-state index contributed by atoms with van der Waals surface area (Å²) < 4.78 is 42.2. The molecule has 0 aliphatic heterocycles. The minimum absolute atomic E-state index is 0.0666. The number of aryl methyl sites for hydroxylation is 1. The maximum Gasteiger partial charge on any atom is 0.294 e. The van der Waals surface area contributed by atoms with E-state index in [1.165, 1.54) is 18.3 Å². The Balaban J connectivity index is 0.000000328. The monoisotopic (exact) mass is 502 g/mol. The van der Waals surface area contributed by atoms with E-state index in [2.05, 4.69) is 10.4 Å². The molecule has 1 heterocycles. The number of benzene rings is 2. The van der Waals surface area contributed by atoms with Crippen molar-refractivity contribution < 1.29 is 27.6 Å². The van der Waals surface area contributed by atoms with Gasteiger partial charge in [0.15, 0.2) is 6.73 Å². The van der Waals surface area contributed by atoms with E-state index in [1.54, 1.807) is 47.3 Å². The predicted octanol–water partition coefficient (Wildman–Crippen LogP) is 2.77. The molecule has 0 spiro atoms. The first kappa shape index (κ1) is 27.8. The fourth-order valence-electron chi connectivity index (χ4n) is 2.60. The molecule has 188 valence electrons. The van der Waals surface area contributed by atoms with Gasteiger partial charge in [-0.05, 0) is 43.3 Å². The first-order valence-electron chi connectivity index (χ1n) is 10.8. The van der Waals surface area contributed by atoms with Crippen molar-refractivity contribution in [3.63, 3.8) is 0 Å². The average molecular weight is 503 g/mol. The lowest BCUT2D eigenvalue weighted by Crippen LogP contribution is -2.35. The summed E-state index contributed by atoms with van der Waals surface area (Å²) in [7, 11) is -4.02. The highest BCUT2D eigenvalue weighted by Crippen LogP contribution is 2.18. The maximum absolute atomic E-state index is 10.5. The second kappa shape index (κ2) is 13.5. The van der Waals surface area contributed by atoms with Crippen LogP contribution in [0.1, 0.15) is 25.0 Å². The highest BCUT2D eigenvalue weighted by Gasteiger charge is 2.07. The second-order valence-corrected chi connectivity index (χ2v) is 9.36. The van der Waals surface area contributed by atoms with Gasteiger partial charge in [0.05, 0.1) is 16.7 Å². The van der Waals surface area contributed by atoms with Gasteiger partial charge in [0.2, 0.25) is 0 Å². The molecule has 1 unspecified atom stereocenters. The molecule has 10 nitrogen and oxygen atoms in total. The number of hydrogen-bond donors (Lipinski definition) is 3. The molecule has 1 atom stereocenters. The third-order valence-electron chi connectivity index (χ3n) is 4.47. The quantitative estimate of drug-likeness (QED) is 0.356. The molecular weight excluding hydrogens is 472 g/mol. The molecule has 0 bridgehead atoms. The summed E-state index contributed by atoms with van der Waals surface area (Å²) in [5.41, 5.74) is 1.45. The van der Waals surface area contributed by atoms with Crippen LogP contribution in [0.3, 0.4) is 0 Å². The van der Waals surface area contributed by atoms with Crippen LogP contribution in [0, 0.1) is 18.3 Å². The molecule has 0 fully saturated rings. The van der Waals surface area contributed by atoms with Crippen LogP contribution in [0.25, 0.3) is 0 Å². The van der Waals surface area contributed by atoms with Gasteiger partial charge in [0.1, 0.15) is 30.3 Å². The Morgan fingerprint density at radius 3 is 2.20 bits per heavy atom. The summed E-state index contributed by atoms with van der Waals surface area (Å²) >= 11 is 0. The van der Waals surface area contributed by atoms with Gasteiger partial charge in [0.25, 0.3) is 10.1 Å². The van der Waals surface area contributed by atoms with Gasteiger partial charge in [-0.1, -0.05) is 31.5 Å². The summed E-state index contributed by atoms with van der Waals surface area (Å²) in [6.45, 7) is 6.83. The largest absolute Gasteiger partial charge is 0.491 e. The van der Waals surface area contributed by atoms with E-state index >= 15 is 0 Å². The zero-order valence-corrected chi connectivity index (χ0v) is 20.6. The minimum atomic E-state index is -4.02. The number of nitrogens with zero attached hydrogens (tertiary/aromatic N) is 3. The molecule has 3 rings (SSSR count). The third-order valence-corrected chi connectivity index (χ3v) is 5.34. The Kier molecular flexibility index (Phi) is 10.7. The van der Waals surface area contributed by atoms with Crippen LogP contribution in [0.2, 0.25) is 0 Å². The van der Waals surface area contributed by atoms with Gasteiger partial charge >= 0.3 is 0 Å². The van der Waals surface area contributed by atoms with Gasteiger partial charge in [-0.15, -0.1) is 0 Å². The second-order valence-electron chi connectivity index (χ2n) is 7.94. The maximum atomic E-state index is 10.5. The average Bonchev–Trinajstić information content (AvgIpc) is 3.29. The Labute approximate surface area is 205 Å². The molecule has 1 aromatic heterocycles. The molecule has 0 radical (unpaired) electrons. The minimum Gasteiger partial charge on any atom is -0.491 e. The van der Waals surface area contributed by atoms with Crippen LogP contribution >= 0.6 is 0 Å². The summed E-state index contributed by atoms with van der Waals surface area (Å²) in [4.78, 5) is -0.0666. The van der Waals surface area contributed by atoms with E-state index in [1.807, 2.05) is 26.8 Å². The van der Waals surface area contributed by atoms with Crippen molar-refractivity contribution in [2.24, 2.45) is 0 Å². The third kappa shape index (κ3) is 10.6. The van der Waals surface area contributed by atoms with Crippen molar-refractivity contribution >= 4 is 10.1 Å². The van der Waals surface area contributed by atoms with Gasteiger partial charge in [0, 0.05) is 18.8 Å². The number of rotatable bonds is 10. The van der Waals surface area contributed by atoms with Crippen molar-refractivity contribution in [2.75, 3.05) is 13.2 Å². The first-order chi connectivity index (χ1) is 16.6. The predicted molar refractivity (Wildman–Crippen MR) is 130 cm³/mol. The van der Waals surface area contributed by atoms with Crippen molar-refractivity contribution in [1.29, 1.82) is 5.26 Å². The highest BCUT2D eigenvalue weighted by atomic mass is 32.2. The summed E-state index contributed by atoms with van der Waals surface area (Å²) in [5.74, 6) is 1.33. The van der Waals surface area contributed by atoms with Crippen molar-refractivity contribution in [3.05, 3.63) is 72.1 Å². The Hall–Kier alpha value is -3.43. The Bertz CT molecular complexity index is 1190. The van der Waals surface area contributed by atoms with Crippen LogP contribution in [-0.4, -0.2) is 53.2 Å². The van der Waals surface area contributed by atoms with Gasteiger partial charge < -0.3 is 19.9 Å². The van der Waals surface area contributed by atoms with Crippen molar-refractivity contribution in [1.82, 2.24) is 15.1 Å². The molecule has 0 saturated carbocycles. The van der Waals surface area contributed by atoms with E-state index in [0.29, 0.717) is 29.6 Å². The SMILES string of the molecule is CC(C)NCC(O)COc1ccc(OCn2cc(C#N)cn2)cc1.Cc1ccc(S(=O)(=O)O)cc1. The molecule has 3 aromatic rings. The number of aliphatic hydroxyl groups is 1. The molecule has 2 aromatic carbocycles. The Morgan fingerprint density at radius 1 is 1.09 bits per heavy atom. The van der Waals surface area contributed by atoms with E-state index in [4.69, 9.17) is 19.3 Å². The number of hydrogen-bond acceptors (Lipinski definition) is 8. The standard InChI is InChI=1S/C17H22N4O3.C7H8O3S/c1-13(2)19-9-15(22)11-23-16-3-5-17(6-4-16)24-12-21-10-14(7-18)8-20-21;1-6-2-4-7(5-3-6)11(8,9)10/h3-6,8,10,13,15,19,22H,9,11-12H2,1-2H3;2-5H,1H3,(H,8,9,10). The molecule has 35 heavy (non-hydrogen) atoms. The normalized spacial score (nSPS) is 11.8. The smallest absolute Gasteiger partial charge is 0.294 e. The number of ether oxygens (including phenoxy) is 2. The molecule has 11 heteroatoms. The van der Waals surface area contributed by atoms with Gasteiger partial charge in [-0.3, -0.25) is 4.55 Å². The lowest BCUT2D eigenvalue weighted by atomic mass is 10.2. The van der Waals surface area contributed by atoms with E-state index in [-0.39, 0.29) is 18.2 Å². The van der Waals surface area contributed by atoms with Gasteiger partial charge in [-0.25, -0.2) is 4.68 Å². The van der Waals surface area contributed by atoms with Crippen LogP contribution in [0.5, 0.6) is 11.5 Å². The molecular formula is C24H30N4O6S. The fraction of sp³-hybridized carbons (Fsp3) is 0.333. The fourth-order valence-corrected chi connectivity index (χ4v) is 3.08. The summed E-state index contributed by atoms with van der Waals surface area (Å²) in [6.07, 6.45) is 2.54. The van der Waals surface area contributed by atoms with Crippen LogP contribution in [0.4, 0.5) is 0 Å². The summed E-state index contributed by atoms with van der Waals surface area (Å²) in [5, 5.41) is 25.7. The Morgan fingerprint density at radius 2 is 1.69 bits per heavy atom. The number of nitrogens with one attached hydrogen (secondary N) is 1. The highest BCUT2D eigenvalue weighted by molar-refractivity contribution is 7.85. The lowest BCUT2D eigenvalue weighted by Gasteiger charge is -2.15. The van der Waals surface area contributed by atoms with Crippen LogP contribution in [-0.2, 0) is 16.8 Å². The zero-order valence-electron chi connectivity index (χ0n) is 19.8. The number of aromatic nitrogens is 2. The molecule has 0 saturated heterocycles. The van der Waals surface area contributed by atoms with Crippen LogP contribution < -0.4 is 14.8 Å². The van der Waals surface area contributed by atoms with E-state index < -0.39 is 16.2 Å². The summed E-state index contributed by atoms with van der Waals surface area (Å²) in [6, 6.07) is 15.4. The van der Waals surface area contributed by atoms with Crippen molar-refractivity contribution in [2.45, 2.75) is 44.5 Å². The number of aliphatic hydroxyl groups excluding tert-OH is 1. The van der Waals surface area contributed by atoms with E-state index in [0.717, 1.165) is 5.56 Å². The topological polar surface area (TPSA) is 147 Å². The van der Waals surface area contributed by atoms with E-state index in [9.17, 15) is 13.5 Å². The van der Waals surface area contributed by atoms with Crippen molar-refractivity contribution in [3.8, 4) is 17.6 Å². The lowest BCUT2D eigenvalue weighted by molar-refractivity contribution is 0.104. The number of nitriles is 1. The van der Waals surface area contributed by atoms with Gasteiger partial charge in [-0.2, -0.15) is 18.8 Å². The molecule has 0 aliphatic carbocycles. The molecule has 3 N–H and O–H groups in total.